The van der Waals surface area contributed by atoms with Crippen molar-refractivity contribution < 1.29 is 0 Å². The van der Waals surface area contributed by atoms with Gasteiger partial charge in [-0.2, -0.15) is 0 Å². The maximum absolute atomic E-state index is 3.66. The molecule has 94 valence electrons. The monoisotopic (exact) mass is 224 g/mol. The van der Waals surface area contributed by atoms with Crippen molar-refractivity contribution in [2.75, 3.05) is 13.1 Å². The number of nitrogens with one attached hydrogen (secondary N) is 1. The quantitative estimate of drug-likeness (QED) is 0.793. The second-order valence-electron chi connectivity index (χ2n) is 6.25. The number of likely N-dealkylation sites (N-methyl/N-ethyl adjacent to an activating group) is 1. The normalized spacial score (nSPS) is 31.1. The van der Waals surface area contributed by atoms with Crippen LogP contribution in [0.4, 0.5) is 0 Å². The summed E-state index contributed by atoms with van der Waals surface area (Å²) in [5, 5.41) is 3.66. The second-order valence-corrected chi connectivity index (χ2v) is 6.25. The van der Waals surface area contributed by atoms with Gasteiger partial charge in [-0.1, -0.05) is 26.2 Å². The SMILES string of the molecule is CCN(C1CCCCC1)C1CNC(C)(C)C1. The molecule has 2 aliphatic rings. The minimum Gasteiger partial charge on any atom is -0.310 e. The average molecular weight is 224 g/mol. The van der Waals surface area contributed by atoms with Crippen LogP contribution in [0.15, 0.2) is 0 Å². The Balaban J connectivity index is 1.94. The number of hydrogen-bond acceptors (Lipinski definition) is 2. The van der Waals surface area contributed by atoms with E-state index >= 15 is 0 Å². The molecule has 0 radical (unpaired) electrons. The van der Waals surface area contributed by atoms with Gasteiger partial charge in [0.25, 0.3) is 0 Å². The van der Waals surface area contributed by atoms with Crippen LogP contribution in [0.5, 0.6) is 0 Å². The first-order valence-corrected chi connectivity index (χ1v) is 7.13. The van der Waals surface area contributed by atoms with Gasteiger partial charge in [0.1, 0.15) is 0 Å². The van der Waals surface area contributed by atoms with Gasteiger partial charge in [-0.25, -0.2) is 0 Å². The predicted octanol–water partition coefficient (Wildman–Crippen LogP) is 2.78. The zero-order valence-corrected chi connectivity index (χ0v) is 11.3. The lowest BCUT2D eigenvalue weighted by Gasteiger charge is -2.38. The first-order valence-electron chi connectivity index (χ1n) is 7.13. The molecule has 0 aromatic carbocycles. The highest BCUT2D eigenvalue weighted by atomic mass is 15.2. The van der Waals surface area contributed by atoms with Crippen LogP contribution in [-0.2, 0) is 0 Å². The van der Waals surface area contributed by atoms with E-state index in [1.807, 2.05) is 0 Å². The maximum atomic E-state index is 3.66. The molecule has 16 heavy (non-hydrogen) atoms. The molecule has 0 aromatic heterocycles. The Kier molecular flexibility index (Phi) is 3.91. The highest BCUT2D eigenvalue weighted by molar-refractivity contribution is 4.96. The first-order chi connectivity index (χ1) is 7.62. The summed E-state index contributed by atoms with van der Waals surface area (Å²) in [7, 11) is 0. The third-order valence-electron chi connectivity index (χ3n) is 4.44. The number of rotatable bonds is 3. The third kappa shape index (κ3) is 2.78. The van der Waals surface area contributed by atoms with Crippen molar-refractivity contribution in [3.8, 4) is 0 Å². The fraction of sp³-hybridized carbons (Fsp3) is 1.00. The van der Waals surface area contributed by atoms with E-state index in [1.165, 1.54) is 51.6 Å². The molecule has 2 heteroatoms. The summed E-state index contributed by atoms with van der Waals surface area (Å²) in [6, 6.07) is 1.66. The molecule has 1 unspecified atom stereocenters. The van der Waals surface area contributed by atoms with E-state index in [2.05, 4.69) is 31.0 Å². The molecule has 1 saturated carbocycles. The van der Waals surface area contributed by atoms with Gasteiger partial charge < -0.3 is 5.32 Å². The van der Waals surface area contributed by atoms with Crippen LogP contribution < -0.4 is 5.32 Å². The van der Waals surface area contributed by atoms with Gasteiger partial charge in [0.2, 0.25) is 0 Å². The first kappa shape index (κ1) is 12.4. The van der Waals surface area contributed by atoms with E-state index in [-0.39, 0.29) is 0 Å². The maximum Gasteiger partial charge on any atom is 0.0240 e. The molecular weight excluding hydrogens is 196 g/mol. The molecular formula is C14H28N2. The molecule has 2 nitrogen and oxygen atoms in total. The van der Waals surface area contributed by atoms with Crippen LogP contribution in [0.25, 0.3) is 0 Å². The summed E-state index contributed by atoms with van der Waals surface area (Å²) in [6.07, 6.45) is 8.55. The molecule has 1 aliphatic heterocycles. The second kappa shape index (κ2) is 5.05. The van der Waals surface area contributed by atoms with Crippen LogP contribution in [0.3, 0.4) is 0 Å². The van der Waals surface area contributed by atoms with E-state index < -0.39 is 0 Å². The average Bonchev–Trinajstić information content (AvgIpc) is 2.62. The lowest BCUT2D eigenvalue weighted by Crippen LogP contribution is -2.45. The molecule has 1 heterocycles. The minimum atomic E-state index is 0.354. The fourth-order valence-electron chi connectivity index (χ4n) is 3.59. The van der Waals surface area contributed by atoms with Gasteiger partial charge >= 0.3 is 0 Å². The topological polar surface area (TPSA) is 15.3 Å². The standard InChI is InChI=1S/C14H28N2/c1-4-16(12-8-6-5-7-9-12)13-10-14(2,3)15-11-13/h12-13,15H,4-11H2,1-3H3. The van der Waals surface area contributed by atoms with E-state index in [1.54, 1.807) is 0 Å². The molecule has 0 amide bonds. The van der Waals surface area contributed by atoms with Gasteiger partial charge in [-0.15, -0.1) is 0 Å². The highest BCUT2D eigenvalue weighted by Gasteiger charge is 2.35. The third-order valence-corrected chi connectivity index (χ3v) is 4.44. The molecule has 1 atom stereocenters. The van der Waals surface area contributed by atoms with Gasteiger partial charge in [0.05, 0.1) is 0 Å². The van der Waals surface area contributed by atoms with E-state index in [0.717, 1.165) is 12.1 Å². The Bertz CT molecular complexity index is 219. The minimum absolute atomic E-state index is 0.354. The molecule has 1 N–H and O–H groups in total. The summed E-state index contributed by atoms with van der Waals surface area (Å²) >= 11 is 0. The Morgan fingerprint density at radius 2 is 1.81 bits per heavy atom. The summed E-state index contributed by atoms with van der Waals surface area (Å²) < 4.78 is 0. The van der Waals surface area contributed by atoms with E-state index in [4.69, 9.17) is 0 Å². The van der Waals surface area contributed by atoms with Crippen molar-refractivity contribution >= 4 is 0 Å². The van der Waals surface area contributed by atoms with Crippen molar-refractivity contribution in [3.05, 3.63) is 0 Å². The zero-order chi connectivity index (χ0) is 11.6. The largest absolute Gasteiger partial charge is 0.310 e. The molecule has 2 fully saturated rings. The lowest BCUT2D eigenvalue weighted by molar-refractivity contribution is 0.116. The summed E-state index contributed by atoms with van der Waals surface area (Å²) in [6.45, 7) is 9.42. The Morgan fingerprint density at radius 1 is 1.12 bits per heavy atom. The number of nitrogens with zero attached hydrogens (tertiary/aromatic N) is 1. The van der Waals surface area contributed by atoms with Crippen molar-refractivity contribution in [2.24, 2.45) is 0 Å². The van der Waals surface area contributed by atoms with Crippen molar-refractivity contribution in [3.63, 3.8) is 0 Å². The Hall–Kier alpha value is -0.0800. The molecule has 1 aliphatic carbocycles. The van der Waals surface area contributed by atoms with Crippen LogP contribution in [0.2, 0.25) is 0 Å². The molecule has 2 rings (SSSR count). The smallest absolute Gasteiger partial charge is 0.0240 e. The highest BCUT2D eigenvalue weighted by Crippen LogP contribution is 2.29. The number of hydrogen-bond donors (Lipinski definition) is 1. The van der Waals surface area contributed by atoms with Gasteiger partial charge in [0, 0.05) is 24.2 Å². The van der Waals surface area contributed by atoms with Crippen LogP contribution in [0, 0.1) is 0 Å². The summed E-state index contributed by atoms with van der Waals surface area (Å²) in [5.41, 5.74) is 0.354. The van der Waals surface area contributed by atoms with Gasteiger partial charge in [-0.05, 0) is 39.7 Å². The van der Waals surface area contributed by atoms with Crippen molar-refractivity contribution in [2.45, 2.75) is 76.9 Å². The summed E-state index contributed by atoms with van der Waals surface area (Å²) in [5.74, 6) is 0. The van der Waals surface area contributed by atoms with Crippen LogP contribution in [-0.4, -0.2) is 35.6 Å². The van der Waals surface area contributed by atoms with Crippen LogP contribution >= 0.6 is 0 Å². The fourth-order valence-corrected chi connectivity index (χ4v) is 3.59. The summed E-state index contributed by atoms with van der Waals surface area (Å²) in [4.78, 5) is 2.78. The predicted molar refractivity (Wildman–Crippen MR) is 69.7 cm³/mol. The van der Waals surface area contributed by atoms with Crippen molar-refractivity contribution in [1.29, 1.82) is 0 Å². The zero-order valence-electron chi connectivity index (χ0n) is 11.3. The molecule has 0 spiro atoms. The van der Waals surface area contributed by atoms with E-state index in [9.17, 15) is 0 Å². The molecule has 0 aromatic rings. The van der Waals surface area contributed by atoms with E-state index in [0.29, 0.717) is 5.54 Å². The molecule has 0 bridgehead atoms. The van der Waals surface area contributed by atoms with Crippen molar-refractivity contribution in [1.82, 2.24) is 10.2 Å². The van der Waals surface area contributed by atoms with Gasteiger partial charge in [-0.3, -0.25) is 4.90 Å². The molecule has 1 saturated heterocycles. The Labute approximate surface area is 101 Å². The Morgan fingerprint density at radius 3 is 2.31 bits per heavy atom. The lowest BCUT2D eigenvalue weighted by atomic mass is 9.92. The van der Waals surface area contributed by atoms with Gasteiger partial charge in [0.15, 0.2) is 0 Å². The van der Waals surface area contributed by atoms with Crippen LogP contribution in [0.1, 0.15) is 59.3 Å².